The summed E-state index contributed by atoms with van der Waals surface area (Å²) in [5, 5.41) is 0.941. The average Bonchev–Trinajstić information content (AvgIpc) is 2.62. The molecule has 0 amide bonds. The summed E-state index contributed by atoms with van der Waals surface area (Å²) in [6.07, 6.45) is 0. The lowest BCUT2D eigenvalue weighted by Crippen LogP contribution is -2.32. The zero-order valence-electron chi connectivity index (χ0n) is 15.9. The van der Waals surface area contributed by atoms with Gasteiger partial charge in [-0.25, -0.2) is 8.42 Å². The monoisotopic (exact) mass is 433 g/mol. The molecule has 0 fully saturated rings. The Morgan fingerprint density at radius 1 is 0.857 bits per heavy atom. The van der Waals surface area contributed by atoms with Crippen molar-refractivity contribution in [3.8, 4) is 0 Å². The predicted molar refractivity (Wildman–Crippen MR) is 117 cm³/mol. The third kappa shape index (κ3) is 4.19. The fourth-order valence-electron chi connectivity index (χ4n) is 3.13. The predicted octanol–water partition coefficient (Wildman–Crippen LogP) is 6.31. The van der Waals surface area contributed by atoms with E-state index in [1.807, 2.05) is 39.0 Å². The van der Waals surface area contributed by atoms with Crippen molar-refractivity contribution in [3.63, 3.8) is 0 Å². The summed E-state index contributed by atoms with van der Waals surface area (Å²) >= 11 is 12.4. The standard InChI is InChI=1S/C22H21Cl2NO2S/c1-15-7-11-20(12-8-15)28(26,27)25(22-16(2)5-4-6-17(22)3)14-18-9-10-19(23)13-21(18)24/h4-13H,14H2,1-3H3. The van der Waals surface area contributed by atoms with Gasteiger partial charge in [0.05, 0.1) is 17.1 Å². The molecule has 0 saturated heterocycles. The Hall–Kier alpha value is -2.01. The van der Waals surface area contributed by atoms with Gasteiger partial charge in [0.25, 0.3) is 10.0 Å². The molecule has 0 N–H and O–H groups in total. The summed E-state index contributed by atoms with van der Waals surface area (Å²) in [5.41, 5.74) is 4.10. The molecule has 0 atom stereocenters. The highest BCUT2D eigenvalue weighted by atomic mass is 35.5. The summed E-state index contributed by atoms with van der Waals surface area (Å²) in [7, 11) is -3.80. The first-order valence-electron chi connectivity index (χ1n) is 8.79. The quantitative estimate of drug-likeness (QED) is 0.472. The van der Waals surface area contributed by atoms with E-state index in [1.54, 1.807) is 42.5 Å². The maximum atomic E-state index is 13.6. The molecule has 0 unspecified atom stereocenters. The third-order valence-corrected chi connectivity index (χ3v) is 6.97. The largest absolute Gasteiger partial charge is 0.264 e. The van der Waals surface area contributed by atoms with Crippen molar-refractivity contribution in [2.45, 2.75) is 32.2 Å². The molecule has 0 bridgehead atoms. The van der Waals surface area contributed by atoms with E-state index in [9.17, 15) is 8.42 Å². The van der Waals surface area contributed by atoms with Crippen molar-refractivity contribution in [1.82, 2.24) is 0 Å². The van der Waals surface area contributed by atoms with Crippen molar-refractivity contribution in [2.75, 3.05) is 4.31 Å². The highest BCUT2D eigenvalue weighted by molar-refractivity contribution is 7.92. The Kier molecular flexibility index (Phi) is 6.04. The number of para-hydroxylation sites is 1. The van der Waals surface area contributed by atoms with Crippen LogP contribution in [0.5, 0.6) is 0 Å². The topological polar surface area (TPSA) is 37.4 Å². The Balaban J connectivity index is 2.18. The maximum Gasteiger partial charge on any atom is 0.264 e. The SMILES string of the molecule is Cc1ccc(S(=O)(=O)N(Cc2ccc(Cl)cc2Cl)c2c(C)cccc2C)cc1. The zero-order chi connectivity index (χ0) is 20.5. The Bertz CT molecular complexity index is 1090. The van der Waals surface area contributed by atoms with Gasteiger partial charge < -0.3 is 0 Å². The molecule has 0 aliphatic rings. The van der Waals surface area contributed by atoms with E-state index >= 15 is 0 Å². The van der Waals surface area contributed by atoms with Gasteiger partial charge in [-0.3, -0.25) is 4.31 Å². The lowest BCUT2D eigenvalue weighted by atomic mass is 10.1. The second-order valence-corrected chi connectivity index (χ2v) is 9.51. The van der Waals surface area contributed by atoms with Crippen LogP contribution in [0.3, 0.4) is 0 Å². The number of hydrogen-bond acceptors (Lipinski definition) is 2. The molecule has 6 heteroatoms. The van der Waals surface area contributed by atoms with Gasteiger partial charge in [0, 0.05) is 10.0 Å². The molecule has 3 aromatic rings. The van der Waals surface area contributed by atoms with Crippen molar-refractivity contribution >= 4 is 38.9 Å². The molecule has 0 saturated carbocycles. The number of sulfonamides is 1. The molecule has 0 spiro atoms. The van der Waals surface area contributed by atoms with Crippen LogP contribution in [0.1, 0.15) is 22.3 Å². The molecule has 146 valence electrons. The van der Waals surface area contributed by atoms with E-state index in [0.717, 1.165) is 16.7 Å². The average molecular weight is 434 g/mol. The van der Waals surface area contributed by atoms with Gasteiger partial charge in [-0.05, 0) is 61.7 Å². The van der Waals surface area contributed by atoms with Gasteiger partial charge in [0.2, 0.25) is 0 Å². The Labute approximate surface area is 176 Å². The molecule has 0 heterocycles. The number of aryl methyl sites for hydroxylation is 3. The second-order valence-electron chi connectivity index (χ2n) is 6.80. The number of nitrogens with zero attached hydrogens (tertiary/aromatic N) is 1. The molecular formula is C22H21Cl2NO2S. The minimum absolute atomic E-state index is 0.109. The van der Waals surface area contributed by atoms with Crippen LogP contribution in [0.4, 0.5) is 5.69 Å². The van der Waals surface area contributed by atoms with Crippen LogP contribution in [0.25, 0.3) is 0 Å². The normalized spacial score (nSPS) is 11.5. The van der Waals surface area contributed by atoms with Crippen LogP contribution in [-0.4, -0.2) is 8.42 Å². The number of rotatable bonds is 5. The van der Waals surface area contributed by atoms with E-state index in [4.69, 9.17) is 23.2 Å². The lowest BCUT2D eigenvalue weighted by molar-refractivity contribution is 0.590. The molecular weight excluding hydrogens is 413 g/mol. The van der Waals surface area contributed by atoms with Gasteiger partial charge in [-0.1, -0.05) is 65.2 Å². The highest BCUT2D eigenvalue weighted by Crippen LogP contribution is 2.33. The van der Waals surface area contributed by atoms with Crippen LogP contribution in [0.2, 0.25) is 10.0 Å². The van der Waals surface area contributed by atoms with Gasteiger partial charge in [-0.2, -0.15) is 0 Å². The van der Waals surface area contributed by atoms with E-state index in [0.29, 0.717) is 21.3 Å². The minimum Gasteiger partial charge on any atom is -0.261 e. The summed E-state index contributed by atoms with van der Waals surface area (Å²) in [5.74, 6) is 0. The van der Waals surface area contributed by atoms with Gasteiger partial charge in [0.15, 0.2) is 0 Å². The van der Waals surface area contributed by atoms with E-state index in [1.165, 1.54) is 4.31 Å². The fraction of sp³-hybridized carbons (Fsp3) is 0.182. The van der Waals surface area contributed by atoms with E-state index < -0.39 is 10.0 Å². The minimum atomic E-state index is -3.80. The highest BCUT2D eigenvalue weighted by Gasteiger charge is 2.28. The van der Waals surface area contributed by atoms with Crippen molar-refractivity contribution in [1.29, 1.82) is 0 Å². The van der Waals surface area contributed by atoms with Gasteiger partial charge in [-0.15, -0.1) is 0 Å². The van der Waals surface area contributed by atoms with E-state index in [-0.39, 0.29) is 11.4 Å². The summed E-state index contributed by atoms with van der Waals surface area (Å²) in [4.78, 5) is 0.242. The van der Waals surface area contributed by atoms with Crippen LogP contribution >= 0.6 is 23.2 Å². The second kappa shape index (κ2) is 8.16. The molecule has 3 aromatic carbocycles. The van der Waals surface area contributed by atoms with Crippen LogP contribution in [0, 0.1) is 20.8 Å². The first kappa shape index (κ1) is 20.7. The van der Waals surface area contributed by atoms with Crippen LogP contribution in [-0.2, 0) is 16.6 Å². The third-order valence-electron chi connectivity index (χ3n) is 4.63. The Morgan fingerprint density at radius 2 is 1.46 bits per heavy atom. The molecule has 0 aromatic heterocycles. The summed E-state index contributed by atoms with van der Waals surface area (Å²) < 4.78 is 28.6. The number of halogens is 2. The van der Waals surface area contributed by atoms with Crippen LogP contribution in [0.15, 0.2) is 65.6 Å². The van der Waals surface area contributed by atoms with Gasteiger partial charge in [0.1, 0.15) is 0 Å². The molecule has 3 rings (SSSR count). The summed E-state index contributed by atoms with van der Waals surface area (Å²) in [6, 6.07) is 17.7. The first-order valence-corrected chi connectivity index (χ1v) is 11.0. The molecule has 28 heavy (non-hydrogen) atoms. The number of benzene rings is 3. The molecule has 3 nitrogen and oxygen atoms in total. The van der Waals surface area contributed by atoms with Crippen LogP contribution < -0.4 is 4.31 Å². The number of anilines is 1. The molecule has 0 radical (unpaired) electrons. The fourth-order valence-corrected chi connectivity index (χ4v) is 5.17. The Morgan fingerprint density at radius 3 is 2.04 bits per heavy atom. The van der Waals surface area contributed by atoms with Crippen molar-refractivity contribution in [2.24, 2.45) is 0 Å². The molecule has 0 aliphatic heterocycles. The van der Waals surface area contributed by atoms with Crippen molar-refractivity contribution in [3.05, 3.63) is 93.0 Å². The zero-order valence-corrected chi connectivity index (χ0v) is 18.2. The number of hydrogen-bond donors (Lipinski definition) is 0. The molecule has 0 aliphatic carbocycles. The lowest BCUT2D eigenvalue weighted by Gasteiger charge is -2.28. The van der Waals surface area contributed by atoms with Gasteiger partial charge >= 0.3 is 0 Å². The summed E-state index contributed by atoms with van der Waals surface area (Å²) in [6.45, 7) is 5.85. The maximum absolute atomic E-state index is 13.6. The first-order chi connectivity index (χ1) is 13.2. The van der Waals surface area contributed by atoms with E-state index in [2.05, 4.69) is 0 Å². The van der Waals surface area contributed by atoms with Crippen molar-refractivity contribution < 1.29 is 8.42 Å². The smallest absolute Gasteiger partial charge is 0.261 e.